The van der Waals surface area contributed by atoms with Crippen molar-refractivity contribution in [2.45, 2.75) is 30.5 Å². The highest BCUT2D eigenvalue weighted by Gasteiger charge is 2.09. The largest absolute Gasteiger partial charge is 0.352 e. The number of amides is 2. The lowest BCUT2D eigenvalue weighted by Gasteiger charge is -2.09. The van der Waals surface area contributed by atoms with Crippen LogP contribution < -0.4 is 10.6 Å². The third-order valence-corrected chi connectivity index (χ3v) is 5.17. The molecule has 0 radical (unpaired) electrons. The Morgan fingerprint density at radius 3 is 2.42 bits per heavy atom. The van der Waals surface area contributed by atoms with Gasteiger partial charge in [0.2, 0.25) is 5.91 Å². The van der Waals surface area contributed by atoms with E-state index < -0.39 is 0 Å². The van der Waals surface area contributed by atoms with E-state index in [9.17, 15) is 9.59 Å². The second-order valence-corrected chi connectivity index (χ2v) is 7.83. The van der Waals surface area contributed by atoms with Crippen LogP contribution in [0.3, 0.4) is 0 Å². The Kier molecular flexibility index (Phi) is 7.82. The number of hydrogen-bond acceptors (Lipinski definition) is 3. The summed E-state index contributed by atoms with van der Waals surface area (Å²) in [5.74, 6) is 0.222. The maximum Gasteiger partial charge on any atom is 0.251 e. The summed E-state index contributed by atoms with van der Waals surface area (Å²) >= 11 is 13.7. The van der Waals surface area contributed by atoms with E-state index in [1.54, 1.807) is 36.0 Å². The van der Waals surface area contributed by atoms with Crippen molar-refractivity contribution in [1.82, 2.24) is 10.6 Å². The molecule has 2 amide bonds. The molecule has 0 saturated carbocycles. The maximum atomic E-state index is 12.1. The zero-order valence-electron chi connectivity index (χ0n) is 14.5. The van der Waals surface area contributed by atoms with Crippen molar-refractivity contribution in [1.29, 1.82) is 0 Å². The Bertz CT molecular complexity index is 780. The van der Waals surface area contributed by atoms with Crippen LogP contribution in [0.5, 0.6) is 0 Å². The Balaban J connectivity index is 1.88. The summed E-state index contributed by atoms with van der Waals surface area (Å²) in [4.78, 5) is 24.6. The van der Waals surface area contributed by atoms with Gasteiger partial charge < -0.3 is 10.6 Å². The van der Waals surface area contributed by atoms with Gasteiger partial charge in [0.15, 0.2) is 0 Å². The van der Waals surface area contributed by atoms with Crippen molar-refractivity contribution in [3.63, 3.8) is 0 Å². The van der Waals surface area contributed by atoms with Crippen LogP contribution >= 0.6 is 35.0 Å². The van der Waals surface area contributed by atoms with E-state index in [4.69, 9.17) is 23.2 Å². The highest BCUT2D eigenvalue weighted by molar-refractivity contribution is 7.98. The summed E-state index contributed by atoms with van der Waals surface area (Å²) < 4.78 is 0. The van der Waals surface area contributed by atoms with Crippen molar-refractivity contribution < 1.29 is 9.59 Å². The van der Waals surface area contributed by atoms with Crippen molar-refractivity contribution >= 4 is 46.8 Å². The summed E-state index contributed by atoms with van der Waals surface area (Å²) in [5.41, 5.74) is 1.57. The summed E-state index contributed by atoms with van der Waals surface area (Å²) in [5, 5.41) is 6.64. The number of carbonyl (C=O) groups is 2. The predicted molar refractivity (Wildman–Crippen MR) is 108 cm³/mol. The first-order chi connectivity index (χ1) is 12.3. The average molecular weight is 411 g/mol. The van der Waals surface area contributed by atoms with Crippen LogP contribution in [-0.2, 0) is 10.5 Å². The molecule has 26 heavy (non-hydrogen) atoms. The molecular formula is C19H20Cl2N2O2S. The maximum absolute atomic E-state index is 12.1. The molecule has 2 rings (SSSR count). The number of benzene rings is 2. The Labute approximate surface area is 167 Å². The molecule has 0 atom stereocenters. The van der Waals surface area contributed by atoms with Crippen molar-refractivity contribution in [3.05, 3.63) is 63.6 Å². The van der Waals surface area contributed by atoms with Gasteiger partial charge in [-0.05, 0) is 49.7 Å². The fraction of sp³-hybridized carbons (Fsp3) is 0.263. The Hall–Kier alpha value is -1.69. The number of carbonyl (C=O) groups excluding carboxylic acids is 2. The van der Waals surface area contributed by atoms with Gasteiger partial charge in [0.05, 0.1) is 11.6 Å². The van der Waals surface area contributed by atoms with E-state index in [0.29, 0.717) is 21.4 Å². The van der Waals surface area contributed by atoms with E-state index in [-0.39, 0.29) is 24.4 Å². The lowest BCUT2D eigenvalue weighted by atomic mass is 10.1. The smallest absolute Gasteiger partial charge is 0.251 e. The quantitative estimate of drug-likeness (QED) is 0.658. The molecule has 0 spiro atoms. The van der Waals surface area contributed by atoms with Crippen molar-refractivity contribution in [2.75, 3.05) is 6.54 Å². The number of thioether (sulfide) groups is 1. The van der Waals surface area contributed by atoms with E-state index in [1.165, 1.54) is 0 Å². The molecule has 0 aromatic heterocycles. The molecule has 0 bridgehead atoms. The highest BCUT2D eigenvalue weighted by atomic mass is 35.5. The summed E-state index contributed by atoms with van der Waals surface area (Å²) in [7, 11) is 0. The molecule has 2 aromatic carbocycles. The first-order valence-corrected chi connectivity index (χ1v) is 9.83. The van der Waals surface area contributed by atoms with Crippen LogP contribution in [0.25, 0.3) is 0 Å². The zero-order valence-corrected chi connectivity index (χ0v) is 16.8. The van der Waals surface area contributed by atoms with E-state index in [1.807, 2.05) is 32.0 Å². The SMILES string of the molecule is CC(C)NC(=O)CNC(=O)c1ccc(CSc2cc(Cl)ccc2Cl)cc1. The minimum absolute atomic E-state index is 0.0398. The number of halogens is 2. The first-order valence-electron chi connectivity index (χ1n) is 8.09. The van der Waals surface area contributed by atoms with Gasteiger partial charge in [-0.15, -0.1) is 11.8 Å². The highest BCUT2D eigenvalue weighted by Crippen LogP contribution is 2.32. The topological polar surface area (TPSA) is 58.2 Å². The molecule has 0 aliphatic rings. The minimum atomic E-state index is -0.277. The van der Waals surface area contributed by atoms with Crippen molar-refractivity contribution in [2.24, 2.45) is 0 Å². The third kappa shape index (κ3) is 6.56. The molecule has 0 fully saturated rings. The van der Waals surface area contributed by atoms with Crippen LogP contribution in [0.1, 0.15) is 29.8 Å². The molecular weight excluding hydrogens is 391 g/mol. The normalized spacial score (nSPS) is 10.7. The van der Waals surface area contributed by atoms with Crippen LogP contribution in [0, 0.1) is 0 Å². The van der Waals surface area contributed by atoms with Crippen LogP contribution in [0.2, 0.25) is 10.0 Å². The van der Waals surface area contributed by atoms with Crippen LogP contribution in [0.15, 0.2) is 47.4 Å². The van der Waals surface area contributed by atoms with E-state index in [2.05, 4.69) is 10.6 Å². The molecule has 2 aromatic rings. The minimum Gasteiger partial charge on any atom is -0.352 e. The molecule has 0 saturated heterocycles. The van der Waals surface area contributed by atoms with E-state index >= 15 is 0 Å². The standard InChI is InChI=1S/C19H20Cl2N2O2S/c1-12(2)23-18(24)10-22-19(25)14-5-3-13(4-6-14)11-26-17-9-15(20)7-8-16(17)21/h3-9,12H,10-11H2,1-2H3,(H,22,25)(H,23,24). The average Bonchev–Trinajstić information content (AvgIpc) is 2.60. The molecule has 0 aliphatic carbocycles. The van der Waals surface area contributed by atoms with Crippen LogP contribution in [-0.4, -0.2) is 24.4 Å². The van der Waals surface area contributed by atoms with E-state index in [0.717, 1.165) is 10.5 Å². The summed E-state index contributed by atoms with van der Waals surface area (Å²) in [6.07, 6.45) is 0. The van der Waals surface area contributed by atoms with Gasteiger partial charge in [-0.3, -0.25) is 9.59 Å². The van der Waals surface area contributed by atoms with Gasteiger partial charge in [-0.2, -0.15) is 0 Å². The second-order valence-electron chi connectivity index (χ2n) is 5.97. The Morgan fingerprint density at radius 1 is 1.08 bits per heavy atom. The first kappa shape index (κ1) is 20.6. The number of rotatable bonds is 7. The lowest BCUT2D eigenvalue weighted by molar-refractivity contribution is -0.120. The monoisotopic (exact) mass is 410 g/mol. The third-order valence-electron chi connectivity index (χ3n) is 3.36. The Morgan fingerprint density at radius 2 is 1.77 bits per heavy atom. The molecule has 4 nitrogen and oxygen atoms in total. The van der Waals surface area contributed by atoms with Gasteiger partial charge in [-0.25, -0.2) is 0 Å². The summed E-state index contributed by atoms with van der Waals surface area (Å²) in [6, 6.07) is 12.7. The second kappa shape index (κ2) is 9.86. The fourth-order valence-corrected chi connectivity index (χ4v) is 3.59. The molecule has 0 aliphatic heterocycles. The molecule has 0 unspecified atom stereocenters. The molecule has 138 valence electrons. The molecule has 2 N–H and O–H groups in total. The zero-order chi connectivity index (χ0) is 19.1. The molecule has 0 heterocycles. The lowest BCUT2D eigenvalue weighted by Crippen LogP contribution is -2.39. The van der Waals surface area contributed by atoms with Crippen LogP contribution in [0.4, 0.5) is 0 Å². The van der Waals surface area contributed by atoms with Gasteiger partial charge in [0.1, 0.15) is 0 Å². The fourth-order valence-electron chi connectivity index (χ4n) is 2.14. The van der Waals surface area contributed by atoms with Gasteiger partial charge in [-0.1, -0.05) is 35.3 Å². The van der Waals surface area contributed by atoms with Gasteiger partial charge in [0.25, 0.3) is 5.91 Å². The van der Waals surface area contributed by atoms with Gasteiger partial charge >= 0.3 is 0 Å². The number of nitrogens with one attached hydrogen (secondary N) is 2. The predicted octanol–water partition coefficient (Wildman–Crippen LogP) is 4.54. The summed E-state index contributed by atoms with van der Waals surface area (Å²) in [6.45, 7) is 3.70. The molecule has 7 heteroatoms. The van der Waals surface area contributed by atoms with Crippen molar-refractivity contribution in [3.8, 4) is 0 Å². The number of hydrogen-bond donors (Lipinski definition) is 2. The van der Waals surface area contributed by atoms with Gasteiger partial charge in [0, 0.05) is 27.3 Å².